The molecular weight excluding hydrogens is 542 g/mol. The van der Waals surface area contributed by atoms with Gasteiger partial charge in [0.1, 0.15) is 30.2 Å². The zero-order valence-corrected chi connectivity index (χ0v) is 26.5. The van der Waals surface area contributed by atoms with Gasteiger partial charge in [0.05, 0.1) is 6.54 Å². The minimum Gasteiger partial charge on any atom is -0.489 e. The van der Waals surface area contributed by atoms with Crippen LogP contribution in [0.4, 0.5) is 4.79 Å². The molecular formula is C30H45N3O7Si. The maximum absolute atomic E-state index is 13.3. The van der Waals surface area contributed by atoms with Crippen molar-refractivity contribution in [2.45, 2.75) is 109 Å². The molecule has 1 aromatic carbocycles. The van der Waals surface area contributed by atoms with Crippen LogP contribution in [0.25, 0.3) is 0 Å². The van der Waals surface area contributed by atoms with Crippen molar-refractivity contribution in [3.8, 4) is 5.75 Å². The highest BCUT2D eigenvalue weighted by Gasteiger charge is 2.43. The molecule has 11 heteroatoms. The van der Waals surface area contributed by atoms with E-state index in [0.29, 0.717) is 30.9 Å². The van der Waals surface area contributed by atoms with E-state index >= 15 is 0 Å². The van der Waals surface area contributed by atoms with Crippen molar-refractivity contribution >= 4 is 31.9 Å². The number of likely N-dealkylation sites (tertiary alicyclic amines) is 2. The Hall–Kier alpha value is -2.92. The van der Waals surface area contributed by atoms with E-state index in [2.05, 4.69) is 19.6 Å². The number of piperidine rings is 2. The van der Waals surface area contributed by atoms with Crippen LogP contribution in [-0.4, -0.2) is 90.3 Å². The first kappa shape index (κ1) is 31.0. The van der Waals surface area contributed by atoms with E-state index in [1.54, 1.807) is 21.9 Å². The largest absolute Gasteiger partial charge is 0.489 e. The van der Waals surface area contributed by atoms with Gasteiger partial charge in [-0.3, -0.25) is 19.3 Å². The predicted octanol–water partition coefficient (Wildman–Crippen LogP) is 4.64. The molecule has 4 rings (SSSR count). The third-order valence-electron chi connectivity index (χ3n) is 7.76. The molecule has 10 nitrogen and oxygen atoms in total. The summed E-state index contributed by atoms with van der Waals surface area (Å²) in [5.41, 5.74) is 0.740. The zero-order valence-electron chi connectivity index (χ0n) is 25.5. The molecule has 0 radical (unpaired) electrons. The van der Waals surface area contributed by atoms with E-state index in [9.17, 15) is 19.2 Å². The molecule has 0 aromatic heterocycles. The molecule has 41 heavy (non-hydrogen) atoms. The van der Waals surface area contributed by atoms with E-state index in [-0.39, 0.29) is 55.7 Å². The Kier molecular flexibility index (Phi) is 9.18. The summed E-state index contributed by atoms with van der Waals surface area (Å²) >= 11 is 0. The van der Waals surface area contributed by atoms with Crippen molar-refractivity contribution in [1.82, 2.24) is 14.7 Å². The minimum atomic E-state index is -1.30. The van der Waals surface area contributed by atoms with Gasteiger partial charge in [-0.05, 0) is 76.8 Å². The van der Waals surface area contributed by atoms with Gasteiger partial charge >= 0.3 is 6.09 Å². The van der Waals surface area contributed by atoms with Gasteiger partial charge in [0.2, 0.25) is 5.91 Å². The van der Waals surface area contributed by atoms with Crippen LogP contribution >= 0.6 is 0 Å². The highest BCUT2D eigenvalue weighted by molar-refractivity contribution is 6.76. The van der Waals surface area contributed by atoms with Gasteiger partial charge in [0.15, 0.2) is 0 Å². The fourth-order valence-electron chi connectivity index (χ4n) is 5.36. The summed E-state index contributed by atoms with van der Waals surface area (Å²) in [7, 11) is -1.30. The summed E-state index contributed by atoms with van der Waals surface area (Å²) in [5, 5.41) is 0. The quantitative estimate of drug-likeness (QED) is 0.248. The van der Waals surface area contributed by atoms with E-state index in [1.807, 2.05) is 33.8 Å². The van der Waals surface area contributed by atoms with Crippen LogP contribution in [0, 0.1) is 0 Å². The number of carbonyl (C=O) groups is 4. The molecule has 3 heterocycles. The summed E-state index contributed by atoms with van der Waals surface area (Å²) < 4.78 is 17.6. The second-order valence-electron chi connectivity index (χ2n) is 13.6. The number of fused-ring (bicyclic) bond motifs is 1. The van der Waals surface area contributed by atoms with Gasteiger partial charge < -0.3 is 24.0 Å². The van der Waals surface area contributed by atoms with E-state index in [1.165, 1.54) is 0 Å². The van der Waals surface area contributed by atoms with E-state index in [4.69, 9.17) is 14.2 Å². The Bertz CT molecular complexity index is 1180. The van der Waals surface area contributed by atoms with Gasteiger partial charge in [0, 0.05) is 39.3 Å². The van der Waals surface area contributed by atoms with Crippen LogP contribution in [0.2, 0.25) is 25.7 Å². The normalized spacial score (nSPS) is 23.6. The molecule has 3 atom stereocenters. The number of ether oxygens (including phenoxy) is 3. The van der Waals surface area contributed by atoms with Crippen LogP contribution < -0.4 is 4.74 Å². The van der Waals surface area contributed by atoms with Gasteiger partial charge in [-0.2, -0.15) is 0 Å². The number of benzene rings is 1. The van der Waals surface area contributed by atoms with Gasteiger partial charge in [-0.15, -0.1) is 0 Å². The lowest BCUT2D eigenvalue weighted by atomic mass is 10.0. The van der Waals surface area contributed by atoms with E-state index < -0.39 is 19.7 Å². The minimum absolute atomic E-state index is 0.0566. The predicted molar refractivity (Wildman–Crippen MR) is 156 cm³/mol. The second-order valence-corrected chi connectivity index (χ2v) is 19.2. The third-order valence-corrected chi connectivity index (χ3v) is 9.46. The summed E-state index contributed by atoms with van der Waals surface area (Å²) in [6.45, 7) is 15.4. The molecule has 0 saturated carbocycles. The van der Waals surface area contributed by atoms with Crippen molar-refractivity contribution in [3.63, 3.8) is 0 Å². The lowest BCUT2D eigenvalue weighted by molar-refractivity contribution is -0.158. The number of carbonyl (C=O) groups excluding carboxylic acids is 4. The van der Waals surface area contributed by atoms with Crippen LogP contribution in [0.15, 0.2) is 18.2 Å². The first-order valence-corrected chi connectivity index (χ1v) is 18.4. The molecule has 3 aliphatic heterocycles. The molecule has 1 aromatic rings. The Morgan fingerprint density at radius 2 is 1.80 bits per heavy atom. The van der Waals surface area contributed by atoms with Gasteiger partial charge in [0.25, 0.3) is 11.8 Å². The molecule has 2 saturated heterocycles. The second kappa shape index (κ2) is 12.1. The first-order chi connectivity index (χ1) is 19.1. The highest BCUT2D eigenvalue weighted by atomic mass is 28.3. The van der Waals surface area contributed by atoms with Gasteiger partial charge in [-0.1, -0.05) is 19.6 Å². The molecule has 0 N–H and O–H groups in total. The van der Waals surface area contributed by atoms with Crippen LogP contribution in [0.3, 0.4) is 0 Å². The van der Waals surface area contributed by atoms with E-state index in [0.717, 1.165) is 29.3 Å². The summed E-state index contributed by atoms with van der Waals surface area (Å²) in [6.07, 6.45) is 1.53. The van der Waals surface area contributed by atoms with Crippen molar-refractivity contribution < 1.29 is 33.4 Å². The lowest BCUT2D eigenvalue weighted by Gasteiger charge is -2.38. The average molecular weight is 588 g/mol. The molecule has 4 amide bonds. The number of rotatable bonds is 8. The fourth-order valence-corrected chi connectivity index (χ4v) is 6.12. The average Bonchev–Trinajstić information content (AvgIpc) is 3.18. The van der Waals surface area contributed by atoms with Crippen molar-refractivity contribution in [2.75, 3.05) is 19.9 Å². The lowest BCUT2D eigenvalue weighted by Crippen LogP contribution is -2.55. The smallest absolute Gasteiger partial charge is 0.410 e. The zero-order chi connectivity index (χ0) is 30.1. The number of nitrogens with zero attached hydrogens (tertiary/aromatic N) is 3. The number of imide groups is 1. The Balaban J connectivity index is 1.38. The molecule has 3 aliphatic rings. The standard InChI is InChI=1S/C30H45N3O7Si/c1-20-8-9-23(18-31(20)29(37)40-30(2,3)4)39-22-10-11-24-21(16-22)17-32(27(24)35)25-12-13-26(34)33(28(25)36)19-38-14-15-41(5,6)7/h10-11,16,20,23,25H,8-9,12-15,17-19H2,1-7H3/t20-,23-,25?/m1/s1. The number of hydrogen-bond acceptors (Lipinski definition) is 7. The highest BCUT2D eigenvalue weighted by Crippen LogP contribution is 2.32. The molecule has 0 aliphatic carbocycles. The summed E-state index contributed by atoms with van der Waals surface area (Å²) in [4.78, 5) is 56.3. The summed E-state index contributed by atoms with van der Waals surface area (Å²) in [5.74, 6) is -0.252. The molecule has 1 unspecified atom stereocenters. The number of amides is 4. The third kappa shape index (κ3) is 7.68. The van der Waals surface area contributed by atoms with Crippen molar-refractivity contribution in [3.05, 3.63) is 29.3 Å². The van der Waals surface area contributed by atoms with Crippen molar-refractivity contribution in [2.24, 2.45) is 0 Å². The fraction of sp³-hybridized carbons (Fsp3) is 0.667. The SMILES string of the molecule is C[C@@H]1CC[C@@H](Oc2ccc3c(c2)CN(C2CCC(=O)N(COCC[Si](C)(C)C)C2=O)C3=O)CN1C(=O)OC(C)(C)C. The molecule has 0 bridgehead atoms. The summed E-state index contributed by atoms with van der Waals surface area (Å²) in [6, 6.07) is 5.64. The maximum Gasteiger partial charge on any atom is 0.410 e. The van der Waals surface area contributed by atoms with Crippen LogP contribution in [-0.2, 0) is 25.6 Å². The Morgan fingerprint density at radius 1 is 1.07 bits per heavy atom. The van der Waals surface area contributed by atoms with Crippen molar-refractivity contribution in [1.29, 1.82) is 0 Å². The molecule has 226 valence electrons. The van der Waals surface area contributed by atoms with Crippen LogP contribution in [0.1, 0.15) is 69.3 Å². The Labute approximate surface area is 244 Å². The van der Waals surface area contributed by atoms with Crippen LogP contribution in [0.5, 0.6) is 5.75 Å². The maximum atomic E-state index is 13.3. The molecule has 2 fully saturated rings. The number of hydrogen-bond donors (Lipinski definition) is 0. The monoisotopic (exact) mass is 587 g/mol. The Morgan fingerprint density at radius 3 is 2.49 bits per heavy atom. The molecule has 0 spiro atoms. The topological polar surface area (TPSA) is 106 Å². The van der Waals surface area contributed by atoms with Gasteiger partial charge in [-0.25, -0.2) is 4.79 Å². The first-order valence-electron chi connectivity index (χ1n) is 14.6.